The number of hydrogen-bond acceptors (Lipinski definition) is 3. The fourth-order valence-electron chi connectivity index (χ4n) is 2.50. The second-order valence-electron chi connectivity index (χ2n) is 6.13. The first kappa shape index (κ1) is 18.6. The number of nitrogens with one attached hydrogen (secondary N) is 2. The van der Waals surface area contributed by atoms with Crippen LogP contribution < -0.4 is 10.6 Å². The number of aryl methyl sites for hydroxylation is 1. The number of nitrogens with zero attached hydrogens (tertiary/aromatic N) is 4. The van der Waals surface area contributed by atoms with Gasteiger partial charge in [0.15, 0.2) is 5.96 Å². The number of halogens is 1. The molecule has 2 N–H and O–H groups in total. The Morgan fingerprint density at radius 2 is 2.04 bits per heavy atom. The number of hydrogen-bond donors (Lipinski definition) is 2. The van der Waals surface area contributed by atoms with E-state index >= 15 is 0 Å². The summed E-state index contributed by atoms with van der Waals surface area (Å²) in [4.78, 5) is 13.0. The highest BCUT2D eigenvalue weighted by Crippen LogP contribution is 2.09. The molecule has 0 aliphatic carbocycles. The van der Waals surface area contributed by atoms with Gasteiger partial charge >= 0.3 is 0 Å². The Morgan fingerprint density at radius 1 is 1.19 bits per heavy atom. The van der Waals surface area contributed by atoms with Crippen LogP contribution in [-0.4, -0.2) is 27.0 Å². The third kappa shape index (κ3) is 5.13. The third-order valence-electron chi connectivity index (χ3n) is 4.04. The second kappa shape index (κ2) is 8.93. The lowest BCUT2D eigenvalue weighted by Gasteiger charge is -2.12. The molecule has 0 saturated heterocycles. The number of rotatable bonds is 6. The lowest BCUT2D eigenvalue weighted by molar-refractivity contribution is 0.615. The van der Waals surface area contributed by atoms with Crippen LogP contribution in [0.4, 0.5) is 4.39 Å². The van der Waals surface area contributed by atoms with Crippen LogP contribution in [0.2, 0.25) is 0 Å². The van der Waals surface area contributed by atoms with E-state index in [0.29, 0.717) is 24.6 Å². The lowest BCUT2D eigenvalue weighted by atomic mass is 10.1. The average molecular weight is 366 g/mol. The average Bonchev–Trinajstić information content (AvgIpc) is 3.22. The van der Waals surface area contributed by atoms with E-state index in [1.165, 1.54) is 0 Å². The molecular weight excluding hydrogens is 343 g/mol. The zero-order chi connectivity index (χ0) is 19.1. The topological polar surface area (TPSA) is 67.1 Å². The number of aromatic nitrogens is 3. The Kier molecular flexibility index (Phi) is 6.14. The summed E-state index contributed by atoms with van der Waals surface area (Å²) in [6, 6.07) is 9.16. The van der Waals surface area contributed by atoms with Gasteiger partial charge in [-0.15, -0.1) is 0 Å². The summed E-state index contributed by atoms with van der Waals surface area (Å²) in [6.45, 7) is 5.50. The molecule has 6 nitrogen and oxygen atoms in total. The smallest absolute Gasteiger partial charge is 0.191 e. The summed E-state index contributed by atoms with van der Waals surface area (Å²) >= 11 is 0. The summed E-state index contributed by atoms with van der Waals surface area (Å²) in [5.41, 5.74) is 2.51. The highest BCUT2D eigenvalue weighted by atomic mass is 19.1. The molecule has 0 fully saturated rings. The molecule has 0 spiro atoms. The van der Waals surface area contributed by atoms with Crippen LogP contribution in [0.25, 0.3) is 5.82 Å². The predicted octanol–water partition coefficient (Wildman–Crippen LogP) is 2.97. The molecule has 0 aliphatic heterocycles. The molecular formula is C20H23FN6. The molecule has 7 heteroatoms. The van der Waals surface area contributed by atoms with E-state index in [2.05, 4.69) is 25.6 Å². The Bertz CT molecular complexity index is 887. The minimum absolute atomic E-state index is 0.194. The maximum absolute atomic E-state index is 13.7. The van der Waals surface area contributed by atoms with Gasteiger partial charge in [0.05, 0.1) is 6.54 Å². The van der Waals surface area contributed by atoms with Crippen LogP contribution in [0.15, 0.2) is 60.2 Å². The molecule has 140 valence electrons. The van der Waals surface area contributed by atoms with Crippen LogP contribution in [0, 0.1) is 12.7 Å². The van der Waals surface area contributed by atoms with Gasteiger partial charge in [0.1, 0.15) is 18.0 Å². The summed E-state index contributed by atoms with van der Waals surface area (Å²) in [5.74, 6) is 1.30. The summed E-state index contributed by atoms with van der Waals surface area (Å²) in [5, 5.41) is 6.42. The minimum Gasteiger partial charge on any atom is -0.357 e. The van der Waals surface area contributed by atoms with Crippen molar-refractivity contribution < 1.29 is 4.39 Å². The maximum Gasteiger partial charge on any atom is 0.191 e. The first-order chi connectivity index (χ1) is 13.2. The van der Waals surface area contributed by atoms with Gasteiger partial charge in [0.2, 0.25) is 0 Å². The molecule has 0 unspecified atom stereocenters. The van der Waals surface area contributed by atoms with E-state index in [-0.39, 0.29) is 5.82 Å². The molecule has 0 radical (unpaired) electrons. The van der Waals surface area contributed by atoms with Gasteiger partial charge in [-0.25, -0.2) is 19.4 Å². The van der Waals surface area contributed by atoms with E-state index in [1.807, 2.05) is 35.9 Å². The summed E-state index contributed by atoms with van der Waals surface area (Å²) < 4.78 is 15.5. The normalized spacial score (nSPS) is 11.4. The van der Waals surface area contributed by atoms with Crippen molar-refractivity contribution in [3.05, 3.63) is 77.8 Å². The summed E-state index contributed by atoms with van der Waals surface area (Å²) in [7, 11) is 0. The standard InChI is InChI=1S/C20H23FN6/c1-3-23-20(25-11-16-5-4-15(2)18(21)10-16)26-13-17-6-7-19(24-12-17)27-9-8-22-14-27/h4-10,12,14H,3,11,13H2,1-2H3,(H2,23,25,26). The largest absolute Gasteiger partial charge is 0.357 e. The van der Waals surface area contributed by atoms with Gasteiger partial charge in [-0.05, 0) is 42.7 Å². The van der Waals surface area contributed by atoms with Crippen molar-refractivity contribution in [3.8, 4) is 5.82 Å². The highest BCUT2D eigenvalue weighted by molar-refractivity contribution is 5.79. The number of pyridine rings is 1. The molecule has 27 heavy (non-hydrogen) atoms. The monoisotopic (exact) mass is 366 g/mol. The summed E-state index contributed by atoms with van der Waals surface area (Å²) in [6.07, 6.45) is 7.08. The van der Waals surface area contributed by atoms with E-state index in [0.717, 1.165) is 23.5 Å². The zero-order valence-corrected chi connectivity index (χ0v) is 15.5. The first-order valence-corrected chi connectivity index (χ1v) is 8.86. The van der Waals surface area contributed by atoms with Crippen LogP contribution in [0.1, 0.15) is 23.6 Å². The van der Waals surface area contributed by atoms with Gasteiger partial charge in [-0.2, -0.15) is 0 Å². The Morgan fingerprint density at radius 3 is 2.70 bits per heavy atom. The number of aliphatic imine (C=N–C) groups is 1. The van der Waals surface area contributed by atoms with E-state index in [1.54, 1.807) is 37.8 Å². The molecule has 3 rings (SSSR count). The van der Waals surface area contributed by atoms with E-state index in [4.69, 9.17) is 0 Å². The van der Waals surface area contributed by atoms with Gasteiger partial charge in [0, 0.05) is 31.7 Å². The highest BCUT2D eigenvalue weighted by Gasteiger charge is 2.03. The Balaban J connectivity index is 1.62. The van der Waals surface area contributed by atoms with Gasteiger partial charge in [0.25, 0.3) is 0 Å². The van der Waals surface area contributed by atoms with Crippen LogP contribution >= 0.6 is 0 Å². The molecule has 2 heterocycles. The molecule has 2 aromatic heterocycles. The quantitative estimate of drug-likeness (QED) is 0.520. The van der Waals surface area contributed by atoms with Crippen molar-refractivity contribution in [3.63, 3.8) is 0 Å². The van der Waals surface area contributed by atoms with Crippen molar-refractivity contribution in [2.24, 2.45) is 4.99 Å². The molecule has 3 aromatic rings. The third-order valence-corrected chi connectivity index (χ3v) is 4.04. The molecule has 0 amide bonds. The van der Waals surface area contributed by atoms with Crippen molar-refractivity contribution in [2.75, 3.05) is 6.54 Å². The van der Waals surface area contributed by atoms with E-state index < -0.39 is 0 Å². The number of guanidine groups is 1. The number of benzene rings is 1. The first-order valence-electron chi connectivity index (χ1n) is 8.86. The van der Waals surface area contributed by atoms with Crippen molar-refractivity contribution in [1.82, 2.24) is 25.2 Å². The maximum atomic E-state index is 13.7. The van der Waals surface area contributed by atoms with E-state index in [9.17, 15) is 4.39 Å². The molecule has 0 atom stereocenters. The fourth-order valence-corrected chi connectivity index (χ4v) is 2.50. The SMILES string of the molecule is CCNC(=NCc1ccc(-n2ccnc2)nc1)NCc1ccc(C)c(F)c1. The number of imidazole rings is 1. The second-order valence-corrected chi connectivity index (χ2v) is 6.13. The predicted molar refractivity (Wildman–Crippen MR) is 104 cm³/mol. The zero-order valence-electron chi connectivity index (χ0n) is 15.5. The van der Waals surface area contributed by atoms with Gasteiger partial charge < -0.3 is 10.6 Å². The van der Waals surface area contributed by atoms with Crippen molar-refractivity contribution in [1.29, 1.82) is 0 Å². The minimum atomic E-state index is -0.194. The van der Waals surface area contributed by atoms with Crippen LogP contribution in [-0.2, 0) is 13.1 Å². The van der Waals surface area contributed by atoms with Crippen molar-refractivity contribution in [2.45, 2.75) is 26.9 Å². The van der Waals surface area contributed by atoms with Crippen LogP contribution in [0.3, 0.4) is 0 Å². The fraction of sp³-hybridized carbons (Fsp3) is 0.250. The Hall–Kier alpha value is -3.22. The molecule has 1 aromatic carbocycles. The molecule has 0 aliphatic rings. The van der Waals surface area contributed by atoms with Gasteiger partial charge in [-0.1, -0.05) is 18.2 Å². The van der Waals surface area contributed by atoms with Crippen LogP contribution in [0.5, 0.6) is 0 Å². The lowest BCUT2D eigenvalue weighted by Crippen LogP contribution is -2.36. The van der Waals surface area contributed by atoms with Gasteiger partial charge in [-0.3, -0.25) is 4.57 Å². The molecule has 0 bridgehead atoms. The van der Waals surface area contributed by atoms with Crippen molar-refractivity contribution >= 4 is 5.96 Å². The Labute approximate surface area is 158 Å². The molecule has 0 saturated carbocycles.